The van der Waals surface area contributed by atoms with E-state index in [1.165, 1.54) is 6.07 Å². The third-order valence-electron chi connectivity index (χ3n) is 5.22. The van der Waals surface area contributed by atoms with E-state index in [1.54, 1.807) is 27.7 Å². The Kier molecular flexibility index (Phi) is 5.58. The van der Waals surface area contributed by atoms with E-state index in [-0.39, 0.29) is 16.0 Å². The van der Waals surface area contributed by atoms with Gasteiger partial charge in [-0.2, -0.15) is 0 Å². The van der Waals surface area contributed by atoms with Crippen LogP contribution in [-0.4, -0.2) is 26.7 Å². The quantitative estimate of drug-likeness (QED) is 0.666. The van der Waals surface area contributed by atoms with Crippen LogP contribution in [0.25, 0.3) is 0 Å². The summed E-state index contributed by atoms with van der Waals surface area (Å²) in [5, 5.41) is 0.0373. The van der Waals surface area contributed by atoms with Crippen molar-refractivity contribution in [2.75, 3.05) is 0 Å². The molecule has 0 saturated carbocycles. The highest BCUT2D eigenvalue weighted by Crippen LogP contribution is 2.37. The maximum Gasteiger partial charge on any atom is 0.497 e. The van der Waals surface area contributed by atoms with Crippen molar-refractivity contribution in [3.63, 3.8) is 0 Å². The molecule has 1 heterocycles. The fraction of sp³-hybridized carbons (Fsp3) is 0.368. The third kappa shape index (κ3) is 4.06. The van der Waals surface area contributed by atoms with Gasteiger partial charge in [-0.25, -0.2) is 21.6 Å². The number of sulfone groups is 1. The average Bonchev–Trinajstić information content (AvgIpc) is 2.77. The molecule has 2 aromatic rings. The molecule has 4 nitrogen and oxygen atoms in total. The maximum atomic E-state index is 15.2. The van der Waals surface area contributed by atoms with E-state index < -0.39 is 56.3 Å². The SMILES string of the molecule is CC1(C)OB(c2cc(Cl)cc(CS(=O)(=O)c3c(F)cccc3F)c2F)OC1(C)C. The van der Waals surface area contributed by atoms with Gasteiger partial charge in [-0.1, -0.05) is 17.7 Å². The number of halogens is 4. The van der Waals surface area contributed by atoms with Crippen LogP contribution < -0.4 is 5.46 Å². The monoisotopic (exact) mass is 446 g/mol. The predicted molar refractivity (Wildman–Crippen MR) is 104 cm³/mol. The van der Waals surface area contributed by atoms with Gasteiger partial charge in [0, 0.05) is 16.0 Å². The highest BCUT2D eigenvalue weighted by Gasteiger charge is 2.52. The van der Waals surface area contributed by atoms with E-state index >= 15 is 4.39 Å². The van der Waals surface area contributed by atoms with Gasteiger partial charge < -0.3 is 9.31 Å². The van der Waals surface area contributed by atoms with Crippen LogP contribution in [0.15, 0.2) is 35.2 Å². The normalized spacial score (nSPS) is 18.3. The lowest BCUT2D eigenvalue weighted by Crippen LogP contribution is -2.41. The number of hydrogen-bond donors (Lipinski definition) is 0. The van der Waals surface area contributed by atoms with Crippen molar-refractivity contribution < 1.29 is 30.9 Å². The van der Waals surface area contributed by atoms with E-state index in [1.807, 2.05) is 0 Å². The van der Waals surface area contributed by atoms with Gasteiger partial charge in [0.15, 0.2) is 9.84 Å². The lowest BCUT2D eigenvalue weighted by molar-refractivity contribution is 0.00578. The Bertz CT molecular complexity index is 1040. The molecule has 0 unspecified atom stereocenters. The molecule has 1 aliphatic heterocycles. The zero-order valence-electron chi connectivity index (χ0n) is 16.2. The number of benzene rings is 2. The number of hydrogen-bond acceptors (Lipinski definition) is 4. The zero-order chi connectivity index (χ0) is 21.8. The van der Waals surface area contributed by atoms with Crippen molar-refractivity contribution in [3.05, 3.63) is 58.4 Å². The molecule has 29 heavy (non-hydrogen) atoms. The van der Waals surface area contributed by atoms with E-state index in [0.29, 0.717) is 0 Å². The molecule has 1 fully saturated rings. The lowest BCUT2D eigenvalue weighted by Gasteiger charge is -2.32. The Hall–Kier alpha value is -1.55. The zero-order valence-corrected chi connectivity index (χ0v) is 17.8. The van der Waals surface area contributed by atoms with Gasteiger partial charge in [-0.05, 0) is 52.0 Å². The van der Waals surface area contributed by atoms with Crippen LogP contribution in [0.2, 0.25) is 5.02 Å². The maximum absolute atomic E-state index is 15.2. The van der Waals surface area contributed by atoms with E-state index in [0.717, 1.165) is 24.3 Å². The van der Waals surface area contributed by atoms with Crippen molar-refractivity contribution in [1.29, 1.82) is 0 Å². The first-order valence-corrected chi connectivity index (χ1v) is 10.8. The van der Waals surface area contributed by atoms with E-state index in [4.69, 9.17) is 20.9 Å². The second-order valence-electron chi connectivity index (χ2n) is 7.87. The second kappa shape index (κ2) is 7.30. The van der Waals surface area contributed by atoms with Gasteiger partial charge in [-0.3, -0.25) is 0 Å². The van der Waals surface area contributed by atoms with Gasteiger partial charge >= 0.3 is 7.12 Å². The van der Waals surface area contributed by atoms with Crippen molar-refractivity contribution >= 4 is 34.0 Å². The summed E-state index contributed by atoms with van der Waals surface area (Å²) in [6.45, 7) is 7.12. The standard InChI is InChI=1S/C19H19BClF3O4S/c1-18(2)19(3,4)28-20(27-18)13-9-12(21)8-11(16(13)24)10-29(25,26)17-14(22)6-5-7-15(17)23/h5-9H,10H2,1-4H3. The fourth-order valence-corrected chi connectivity index (χ4v) is 4.72. The van der Waals surface area contributed by atoms with Crippen LogP contribution >= 0.6 is 11.6 Å². The van der Waals surface area contributed by atoms with Crippen LogP contribution in [0.1, 0.15) is 33.3 Å². The molecule has 10 heteroatoms. The Morgan fingerprint density at radius 1 is 1.00 bits per heavy atom. The summed E-state index contributed by atoms with van der Waals surface area (Å²) in [6, 6.07) is 5.06. The summed E-state index contributed by atoms with van der Waals surface area (Å²) in [7, 11) is -5.65. The van der Waals surface area contributed by atoms with E-state index in [9.17, 15) is 17.2 Å². The molecule has 3 rings (SSSR count). The smallest absolute Gasteiger partial charge is 0.399 e. The second-order valence-corrected chi connectivity index (χ2v) is 10.2. The minimum absolute atomic E-state index is 0.0373. The summed E-state index contributed by atoms with van der Waals surface area (Å²) >= 11 is 6.06. The lowest BCUT2D eigenvalue weighted by atomic mass is 9.78. The average molecular weight is 447 g/mol. The first-order chi connectivity index (χ1) is 13.2. The minimum Gasteiger partial charge on any atom is -0.399 e. The van der Waals surface area contributed by atoms with Gasteiger partial charge in [-0.15, -0.1) is 0 Å². The van der Waals surface area contributed by atoms with Crippen molar-refractivity contribution in [3.8, 4) is 0 Å². The van der Waals surface area contributed by atoms with Crippen LogP contribution in [0.5, 0.6) is 0 Å². The molecular weight excluding hydrogens is 428 g/mol. The first kappa shape index (κ1) is 22.1. The molecule has 0 aromatic heterocycles. The van der Waals surface area contributed by atoms with Crippen LogP contribution in [0.4, 0.5) is 13.2 Å². The van der Waals surface area contributed by atoms with E-state index in [2.05, 4.69) is 0 Å². The molecule has 1 saturated heterocycles. The third-order valence-corrected chi connectivity index (χ3v) is 7.14. The van der Waals surface area contributed by atoms with Gasteiger partial charge in [0.25, 0.3) is 0 Å². The van der Waals surface area contributed by atoms with Crippen LogP contribution in [0, 0.1) is 17.5 Å². The number of rotatable bonds is 4. The largest absolute Gasteiger partial charge is 0.497 e. The molecule has 156 valence electrons. The Balaban J connectivity index is 2.03. The van der Waals surface area contributed by atoms with Crippen molar-refractivity contribution in [2.24, 2.45) is 0 Å². The summed E-state index contributed by atoms with van der Waals surface area (Å²) in [6.07, 6.45) is 0. The van der Waals surface area contributed by atoms with Gasteiger partial charge in [0.2, 0.25) is 0 Å². The molecule has 0 N–H and O–H groups in total. The minimum atomic E-state index is -4.53. The van der Waals surface area contributed by atoms with Gasteiger partial charge in [0.1, 0.15) is 22.3 Å². The molecule has 0 amide bonds. The molecule has 0 atom stereocenters. The summed E-state index contributed by atoms with van der Waals surface area (Å²) < 4.78 is 79.9. The topological polar surface area (TPSA) is 52.6 Å². The molecule has 0 spiro atoms. The molecule has 0 radical (unpaired) electrons. The molecular formula is C19H19BClF3O4S. The van der Waals surface area contributed by atoms with Crippen LogP contribution in [0.3, 0.4) is 0 Å². The summed E-state index contributed by atoms with van der Waals surface area (Å²) in [4.78, 5) is -1.11. The predicted octanol–water partition coefficient (Wildman–Crippen LogP) is 4.03. The van der Waals surface area contributed by atoms with Crippen molar-refractivity contribution in [1.82, 2.24) is 0 Å². The Morgan fingerprint density at radius 2 is 1.52 bits per heavy atom. The summed E-state index contributed by atoms with van der Waals surface area (Å²) in [5.41, 5.74) is -1.94. The molecule has 1 aliphatic rings. The van der Waals surface area contributed by atoms with Crippen LogP contribution in [-0.2, 0) is 24.9 Å². The Labute approximate surface area is 173 Å². The fourth-order valence-electron chi connectivity index (χ4n) is 2.97. The Morgan fingerprint density at radius 3 is 2.03 bits per heavy atom. The first-order valence-electron chi connectivity index (χ1n) is 8.75. The van der Waals surface area contributed by atoms with Gasteiger partial charge in [0.05, 0.1) is 17.0 Å². The molecule has 0 aliphatic carbocycles. The molecule has 2 aromatic carbocycles. The van der Waals surface area contributed by atoms with Crippen molar-refractivity contribution in [2.45, 2.75) is 49.5 Å². The highest BCUT2D eigenvalue weighted by molar-refractivity contribution is 7.90. The highest BCUT2D eigenvalue weighted by atomic mass is 35.5. The molecule has 0 bridgehead atoms. The summed E-state index contributed by atoms with van der Waals surface area (Å²) in [5.74, 6) is -4.41.